The number of hydrogen-bond donors (Lipinski definition) is 2. The Labute approximate surface area is 184 Å². The maximum absolute atomic E-state index is 11.9. The third-order valence-corrected chi connectivity index (χ3v) is 6.08. The first-order valence-electron chi connectivity index (χ1n) is 11.1. The fraction of sp³-hybridized carbons (Fsp3) is 0.565. The molecule has 3 rings (SSSR count). The molecule has 0 atom stereocenters. The van der Waals surface area contributed by atoms with Crippen LogP contribution in [0.1, 0.15) is 38.5 Å². The number of amides is 2. The molecule has 0 unspecified atom stereocenters. The number of halogens is 1. The quantitative estimate of drug-likeness (QED) is 0.376. The van der Waals surface area contributed by atoms with E-state index in [1.54, 1.807) is 0 Å². The number of anilines is 1. The number of hydrogen-bond acceptors (Lipinski definition) is 4. The summed E-state index contributed by atoms with van der Waals surface area (Å²) in [5, 5.41) is 6.22. The number of carbonyl (C=O) groups excluding carboxylic acids is 2. The van der Waals surface area contributed by atoms with E-state index in [1.165, 1.54) is 24.1 Å². The summed E-state index contributed by atoms with van der Waals surface area (Å²) in [6, 6.07) is 7.97. The Morgan fingerprint density at radius 2 is 1.63 bits per heavy atom. The summed E-state index contributed by atoms with van der Waals surface area (Å²) in [6.45, 7) is 5.93. The highest BCUT2D eigenvalue weighted by atomic mass is 35.5. The van der Waals surface area contributed by atoms with Gasteiger partial charge in [0.2, 0.25) is 0 Å². The monoisotopic (exact) mass is 432 g/mol. The number of allylic oxidation sites excluding steroid dienone is 1. The van der Waals surface area contributed by atoms with Gasteiger partial charge in [0, 0.05) is 50.0 Å². The maximum atomic E-state index is 11.9. The standard InChI is InChI=1S/C23H33ClN4O2/c24-20-7-9-21(10-8-20)28-17-15-27(16-18-28)14-4-12-25-22(29)23(30)26-13-11-19-5-2-1-3-6-19/h5,7-10H,1-4,6,11-18H2,(H,25,29)(H,26,30). The zero-order valence-electron chi connectivity index (χ0n) is 17.7. The fourth-order valence-electron chi connectivity index (χ4n) is 4.02. The van der Waals surface area contributed by atoms with Gasteiger partial charge in [-0.05, 0) is 69.3 Å². The Morgan fingerprint density at radius 1 is 0.933 bits per heavy atom. The number of carbonyl (C=O) groups is 2. The molecule has 1 aliphatic carbocycles. The molecule has 2 N–H and O–H groups in total. The van der Waals surface area contributed by atoms with E-state index in [9.17, 15) is 9.59 Å². The van der Waals surface area contributed by atoms with Gasteiger partial charge in [-0.2, -0.15) is 0 Å². The van der Waals surface area contributed by atoms with Crippen LogP contribution in [0.15, 0.2) is 35.9 Å². The lowest BCUT2D eigenvalue weighted by Gasteiger charge is -2.36. The predicted octanol–water partition coefficient (Wildman–Crippen LogP) is 2.98. The molecule has 0 saturated carbocycles. The molecule has 0 bridgehead atoms. The summed E-state index contributed by atoms with van der Waals surface area (Å²) < 4.78 is 0. The zero-order chi connectivity index (χ0) is 21.2. The van der Waals surface area contributed by atoms with Gasteiger partial charge < -0.3 is 15.5 Å². The summed E-state index contributed by atoms with van der Waals surface area (Å²) in [6.07, 6.45) is 8.71. The van der Waals surface area contributed by atoms with Gasteiger partial charge in [0.1, 0.15) is 0 Å². The van der Waals surface area contributed by atoms with Gasteiger partial charge in [-0.1, -0.05) is 23.3 Å². The van der Waals surface area contributed by atoms with Crippen LogP contribution < -0.4 is 15.5 Å². The summed E-state index contributed by atoms with van der Waals surface area (Å²) >= 11 is 5.96. The van der Waals surface area contributed by atoms with E-state index in [0.717, 1.165) is 63.4 Å². The van der Waals surface area contributed by atoms with Crippen molar-refractivity contribution in [3.8, 4) is 0 Å². The molecule has 0 spiro atoms. The molecule has 7 heteroatoms. The molecule has 0 aromatic heterocycles. The number of nitrogens with one attached hydrogen (secondary N) is 2. The maximum Gasteiger partial charge on any atom is 0.309 e. The van der Waals surface area contributed by atoms with Gasteiger partial charge in [0.15, 0.2) is 0 Å². The molecular formula is C23H33ClN4O2. The van der Waals surface area contributed by atoms with E-state index in [1.807, 2.05) is 12.1 Å². The molecule has 1 saturated heterocycles. The second-order valence-electron chi connectivity index (χ2n) is 8.03. The normalized spacial score (nSPS) is 17.4. The minimum absolute atomic E-state index is 0.523. The van der Waals surface area contributed by atoms with Crippen molar-refractivity contribution in [2.75, 3.05) is 50.7 Å². The first-order chi connectivity index (χ1) is 14.6. The predicted molar refractivity (Wildman–Crippen MR) is 122 cm³/mol. The van der Waals surface area contributed by atoms with Crippen LogP contribution in [0.25, 0.3) is 0 Å². The van der Waals surface area contributed by atoms with Crippen LogP contribution in [0.5, 0.6) is 0 Å². The molecule has 6 nitrogen and oxygen atoms in total. The smallest absolute Gasteiger partial charge is 0.309 e. The summed E-state index contributed by atoms with van der Waals surface area (Å²) in [4.78, 5) is 28.6. The highest BCUT2D eigenvalue weighted by Crippen LogP contribution is 2.20. The largest absolute Gasteiger partial charge is 0.369 e. The Balaban J connectivity index is 1.24. The van der Waals surface area contributed by atoms with E-state index in [2.05, 4.69) is 38.6 Å². The summed E-state index contributed by atoms with van der Waals surface area (Å²) in [5.41, 5.74) is 2.61. The highest BCUT2D eigenvalue weighted by Gasteiger charge is 2.17. The Kier molecular flexibility index (Phi) is 9.02. The van der Waals surface area contributed by atoms with E-state index >= 15 is 0 Å². The summed E-state index contributed by atoms with van der Waals surface area (Å²) in [7, 11) is 0. The molecule has 164 valence electrons. The van der Waals surface area contributed by atoms with Crippen molar-refractivity contribution in [2.45, 2.75) is 38.5 Å². The highest BCUT2D eigenvalue weighted by molar-refractivity contribution is 6.35. The van der Waals surface area contributed by atoms with E-state index in [4.69, 9.17) is 11.6 Å². The van der Waals surface area contributed by atoms with Crippen LogP contribution in [0, 0.1) is 0 Å². The average molecular weight is 433 g/mol. The Hall–Kier alpha value is -2.05. The van der Waals surface area contributed by atoms with Crippen molar-refractivity contribution >= 4 is 29.1 Å². The Morgan fingerprint density at radius 3 is 2.30 bits per heavy atom. The van der Waals surface area contributed by atoms with Crippen LogP contribution in [0.4, 0.5) is 5.69 Å². The van der Waals surface area contributed by atoms with Crippen molar-refractivity contribution < 1.29 is 9.59 Å². The average Bonchev–Trinajstić information content (AvgIpc) is 2.78. The lowest BCUT2D eigenvalue weighted by Crippen LogP contribution is -2.47. The second kappa shape index (κ2) is 12.0. The lowest BCUT2D eigenvalue weighted by atomic mass is 9.97. The minimum Gasteiger partial charge on any atom is -0.369 e. The number of benzene rings is 1. The number of nitrogens with zero attached hydrogens (tertiary/aromatic N) is 2. The first-order valence-corrected chi connectivity index (χ1v) is 11.5. The van der Waals surface area contributed by atoms with Gasteiger partial charge >= 0.3 is 11.8 Å². The molecule has 1 aromatic rings. The summed E-state index contributed by atoms with van der Waals surface area (Å²) in [5.74, 6) is -1.05. The van der Waals surface area contributed by atoms with Crippen LogP contribution in [0.3, 0.4) is 0 Å². The van der Waals surface area contributed by atoms with E-state index in [0.29, 0.717) is 13.1 Å². The van der Waals surface area contributed by atoms with Gasteiger partial charge in [-0.3, -0.25) is 14.5 Å². The SMILES string of the molecule is O=C(NCCCN1CCN(c2ccc(Cl)cc2)CC1)C(=O)NCCC1=CCCCC1. The third kappa shape index (κ3) is 7.33. The van der Waals surface area contributed by atoms with Gasteiger partial charge in [0.25, 0.3) is 0 Å². The lowest BCUT2D eigenvalue weighted by molar-refractivity contribution is -0.139. The molecular weight excluding hydrogens is 400 g/mol. The van der Waals surface area contributed by atoms with Crippen LogP contribution in [-0.4, -0.2) is 62.5 Å². The van der Waals surface area contributed by atoms with Crippen molar-refractivity contribution in [1.82, 2.24) is 15.5 Å². The van der Waals surface area contributed by atoms with Crippen molar-refractivity contribution in [3.63, 3.8) is 0 Å². The fourth-order valence-corrected chi connectivity index (χ4v) is 4.14. The molecule has 2 amide bonds. The van der Waals surface area contributed by atoms with Crippen molar-refractivity contribution in [1.29, 1.82) is 0 Å². The zero-order valence-corrected chi connectivity index (χ0v) is 18.4. The van der Waals surface area contributed by atoms with Crippen LogP contribution >= 0.6 is 11.6 Å². The molecule has 1 heterocycles. The van der Waals surface area contributed by atoms with Gasteiger partial charge in [-0.15, -0.1) is 0 Å². The van der Waals surface area contributed by atoms with Gasteiger partial charge in [0.05, 0.1) is 0 Å². The van der Waals surface area contributed by atoms with Crippen LogP contribution in [-0.2, 0) is 9.59 Å². The second-order valence-corrected chi connectivity index (χ2v) is 8.47. The third-order valence-electron chi connectivity index (χ3n) is 5.82. The molecule has 1 aliphatic heterocycles. The molecule has 0 radical (unpaired) electrons. The number of rotatable bonds is 8. The Bertz CT molecular complexity index is 727. The van der Waals surface area contributed by atoms with Crippen LogP contribution in [0.2, 0.25) is 5.02 Å². The molecule has 1 fully saturated rings. The van der Waals surface area contributed by atoms with Crippen molar-refractivity contribution in [2.24, 2.45) is 0 Å². The van der Waals surface area contributed by atoms with E-state index in [-0.39, 0.29) is 0 Å². The topological polar surface area (TPSA) is 64.7 Å². The minimum atomic E-state index is -0.528. The first kappa shape index (κ1) is 22.6. The molecule has 2 aliphatic rings. The molecule has 1 aromatic carbocycles. The van der Waals surface area contributed by atoms with Crippen molar-refractivity contribution in [3.05, 3.63) is 40.9 Å². The van der Waals surface area contributed by atoms with E-state index < -0.39 is 11.8 Å². The van der Waals surface area contributed by atoms with Gasteiger partial charge in [-0.25, -0.2) is 0 Å². The molecule has 30 heavy (non-hydrogen) atoms. The number of piperazine rings is 1.